The third kappa shape index (κ3) is 6.86. The fourth-order valence-corrected chi connectivity index (χ4v) is 1.86. The molecule has 2 heteroatoms. The molecule has 0 radical (unpaired) electrons. The van der Waals surface area contributed by atoms with Crippen molar-refractivity contribution in [1.29, 1.82) is 0 Å². The SMILES string of the molecule is CPCCCPC. The van der Waals surface area contributed by atoms with Crippen LogP contribution < -0.4 is 0 Å². The van der Waals surface area contributed by atoms with E-state index in [-0.39, 0.29) is 0 Å². The van der Waals surface area contributed by atoms with E-state index in [1.54, 1.807) is 0 Å². The number of hydrogen-bond donors (Lipinski definition) is 0. The fraction of sp³-hybridized carbons (Fsp3) is 1.00. The van der Waals surface area contributed by atoms with Gasteiger partial charge < -0.3 is 0 Å². The third-order valence-corrected chi connectivity index (χ3v) is 2.56. The van der Waals surface area contributed by atoms with E-state index in [4.69, 9.17) is 0 Å². The minimum Gasteiger partial charge on any atom is -0.125 e. The van der Waals surface area contributed by atoms with E-state index in [2.05, 4.69) is 13.3 Å². The van der Waals surface area contributed by atoms with Crippen LogP contribution in [0.1, 0.15) is 6.42 Å². The van der Waals surface area contributed by atoms with Crippen LogP contribution >= 0.6 is 17.2 Å². The molecule has 0 aliphatic rings. The van der Waals surface area contributed by atoms with Crippen LogP contribution in [0.5, 0.6) is 0 Å². The molecule has 0 aromatic rings. The monoisotopic (exact) mass is 136 g/mol. The summed E-state index contributed by atoms with van der Waals surface area (Å²) in [7, 11) is 2.34. The first-order chi connectivity index (χ1) is 3.41. The maximum absolute atomic E-state index is 2.28. The minimum absolute atomic E-state index is 1.17. The van der Waals surface area contributed by atoms with Crippen LogP contribution in [0.2, 0.25) is 0 Å². The van der Waals surface area contributed by atoms with Crippen molar-refractivity contribution in [3.8, 4) is 0 Å². The van der Waals surface area contributed by atoms with Gasteiger partial charge in [0.2, 0.25) is 0 Å². The van der Waals surface area contributed by atoms with E-state index >= 15 is 0 Å². The van der Waals surface area contributed by atoms with Crippen molar-refractivity contribution >= 4 is 17.2 Å². The van der Waals surface area contributed by atoms with E-state index < -0.39 is 0 Å². The summed E-state index contributed by atoms with van der Waals surface area (Å²) < 4.78 is 0. The van der Waals surface area contributed by atoms with Gasteiger partial charge >= 0.3 is 0 Å². The standard InChI is InChI=1S/C5H14P2/c1-6-4-3-5-7-2/h6-7H,3-5H2,1-2H3. The van der Waals surface area contributed by atoms with Gasteiger partial charge in [0.25, 0.3) is 0 Å². The molecule has 2 unspecified atom stereocenters. The quantitative estimate of drug-likeness (QED) is 0.409. The molecular formula is C5H14P2. The average Bonchev–Trinajstić information content (AvgIpc) is 1.69. The minimum atomic E-state index is 1.17. The van der Waals surface area contributed by atoms with E-state index in [1.807, 2.05) is 0 Å². The highest BCUT2D eigenvalue weighted by atomic mass is 31.1. The van der Waals surface area contributed by atoms with Gasteiger partial charge in [-0.25, -0.2) is 0 Å². The van der Waals surface area contributed by atoms with Gasteiger partial charge in [-0.1, -0.05) is 0 Å². The van der Waals surface area contributed by atoms with Crippen LogP contribution in [0.15, 0.2) is 0 Å². The topological polar surface area (TPSA) is 0 Å². The first kappa shape index (κ1) is 7.86. The predicted molar refractivity (Wildman–Crippen MR) is 42.8 cm³/mol. The third-order valence-electron chi connectivity index (χ3n) is 0.854. The van der Waals surface area contributed by atoms with Crippen molar-refractivity contribution < 1.29 is 0 Å². The van der Waals surface area contributed by atoms with Crippen molar-refractivity contribution in [3.05, 3.63) is 0 Å². The smallest absolute Gasteiger partial charge is 0.0353 e. The van der Waals surface area contributed by atoms with Gasteiger partial charge in [0.1, 0.15) is 0 Å². The molecule has 0 aromatic heterocycles. The molecule has 7 heavy (non-hydrogen) atoms. The Hall–Kier alpha value is 0.860. The van der Waals surface area contributed by atoms with Crippen LogP contribution in [-0.2, 0) is 0 Å². The van der Waals surface area contributed by atoms with Crippen molar-refractivity contribution in [3.63, 3.8) is 0 Å². The summed E-state index contributed by atoms with van der Waals surface area (Å²) in [4.78, 5) is 0. The lowest BCUT2D eigenvalue weighted by Crippen LogP contribution is -1.76. The van der Waals surface area contributed by atoms with Gasteiger partial charge in [0.15, 0.2) is 0 Å². The van der Waals surface area contributed by atoms with Gasteiger partial charge in [0, 0.05) is 0 Å². The Bertz CT molecular complexity index is 25.3. The molecule has 44 valence electrons. The molecular weight excluding hydrogens is 122 g/mol. The zero-order valence-electron chi connectivity index (χ0n) is 5.12. The van der Waals surface area contributed by atoms with Crippen molar-refractivity contribution in [2.75, 3.05) is 25.7 Å². The molecule has 0 aliphatic carbocycles. The highest BCUT2D eigenvalue weighted by Crippen LogP contribution is 2.09. The lowest BCUT2D eigenvalue weighted by atomic mass is 10.6. The molecule has 0 aromatic carbocycles. The molecule has 0 spiro atoms. The van der Waals surface area contributed by atoms with Gasteiger partial charge in [-0.15, -0.1) is 17.2 Å². The van der Waals surface area contributed by atoms with Gasteiger partial charge in [-0.3, -0.25) is 0 Å². The van der Waals surface area contributed by atoms with Gasteiger partial charge in [-0.05, 0) is 32.1 Å². The lowest BCUT2D eigenvalue weighted by molar-refractivity contribution is 1.12. The molecule has 0 nitrogen and oxygen atoms in total. The molecule has 2 atom stereocenters. The van der Waals surface area contributed by atoms with Crippen LogP contribution in [0.25, 0.3) is 0 Å². The molecule has 0 bridgehead atoms. The Morgan fingerprint density at radius 3 is 1.71 bits per heavy atom. The number of hydrogen-bond acceptors (Lipinski definition) is 0. The fourth-order valence-electron chi connectivity index (χ4n) is 0.442. The maximum atomic E-state index is 2.28. The van der Waals surface area contributed by atoms with Crippen molar-refractivity contribution in [2.24, 2.45) is 0 Å². The Balaban J connectivity index is 2.45. The van der Waals surface area contributed by atoms with E-state index in [0.29, 0.717) is 0 Å². The molecule has 0 N–H and O–H groups in total. The Morgan fingerprint density at radius 2 is 1.43 bits per heavy atom. The zero-order chi connectivity index (χ0) is 5.54. The summed E-state index contributed by atoms with van der Waals surface area (Å²) in [5, 5.41) is 0. The zero-order valence-corrected chi connectivity index (χ0v) is 7.12. The van der Waals surface area contributed by atoms with Gasteiger partial charge in [0.05, 0.1) is 0 Å². The summed E-state index contributed by atoms with van der Waals surface area (Å²) in [5.41, 5.74) is 0. The van der Waals surface area contributed by atoms with Crippen LogP contribution in [-0.4, -0.2) is 25.7 Å². The molecule has 0 heterocycles. The summed E-state index contributed by atoms with van der Waals surface area (Å²) in [5.74, 6) is 0. The highest BCUT2D eigenvalue weighted by molar-refractivity contribution is 7.38. The lowest BCUT2D eigenvalue weighted by Gasteiger charge is -1.91. The van der Waals surface area contributed by atoms with Crippen molar-refractivity contribution in [1.82, 2.24) is 0 Å². The number of rotatable bonds is 4. The second kappa shape index (κ2) is 6.86. The molecule has 0 rings (SSSR count). The Morgan fingerprint density at radius 1 is 1.00 bits per heavy atom. The molecule has 0 fully saturated rings. The average molecular weight is 136 g/mol. The summed E-state index contributed by atoms with van der Waals surface area (Å²) in [6, 6.07) is 0. The van der Waals surface area contributed by atoms with E-state index in [9.17, 15) is 0 Å². The second-order valence-corrected chi connectivity index (χ2v) is 3.97. The van der Waals surface area contributed by atoms with Crippen molar-refractivity contribution in [2.45, 2.75) is 6.42 Å². The van der Waals surface area contributed by atoms with E-state index in [0.717, 1.165) is 0 Å². The molecule has 0 aliphatic heterocycles. The van der Waals surface area contributed by atoms with E-state index in [1.165, 1.54) is 35.9 Å². The van der Waals surface area contributed by atoms with Crippen LogP contribution in [0.3, 0.4) is 0 Å². The second-order valence-electron chi connectivity index (χ2n) is 1.56. The predicted octanol–water partition coefficient (Wildman–Crippen LogP) is 1.99. The van der Waals surface area contributed by atoms with Gasteiger partial charge in [-0.2, -0.15) is 0 Å². The largest absolute Gasteiger partial charge is 0.125 e. The molecule has 0 saturated heterocycles. The summed E-state index contributed by atoms with van der Waals surface area (Å²) in [6.45, 7) is 4.55. The molecule has 0 saturated carbocycles. The highest BCUT2D eigenvalue weighted by Gasteiger charge is 1.79. The van der Waals surface area contributed by atoms with Crippen LogP contribution in [0.4, 0.5) is 0 Å². The summed E-state index contributed by atoms with van der Waals surface area (Å²) in [6.07, 6.45) is 4.38. The Kier molecular flexibility index (Phi) is 7.70. The summed E-state index contributed by atoms with van der Waals surface area (Å²) >= 11 is 0. The first-order valence-electron chi connectivity index (χ1n) is 2.71. The normalized spacial score (nSPS) is 12.9. The first-order valence-corrected chi connectivity index (χ1v) is 6.12. The Labute approximate surface area is 50.0 Å². The maximum Gasteiger partial charge on any atom is -0.0353 e. The van der Waals surface area contributed by atoms with Crippen LogP contribution in [0, 0.1) is 0 Å². The molecule has 0 amide bonds.